The van der Waals surface area contributed by atoms with Crippen LogP contribution in [0.25, 0.3) is 0 Å². The third-order valence-electron chi connectivity index (χ3n) is 0.957. The van der Waals surface area contributed by atoms with Crippen LogP contribution in [0.5, 0.6) is 0 Å². The number of rotatable bonds is 0. The first-order valence-corrected chi connectivity index (χ1v) is 4.00. The van der Waals surface area contributed by atoms with Crippen molar-refractivity contribution in [1.82, 2.24) is 5.32 Å². The Hall–Kier alpha value is -0.0800. The van der Waals surface area contributed by atoms with Gasteiger partial charge in [0.15, 0.2) is 0 Å². The summed E-state index contributed by atoms with van der Waals surface area (Å²) in [5.74, 6) is 0. The van der Waals surface area contributed by atoms with Crippen molar-refractivity contribution in [2.75, 3.05) is 41.3 Å². The highest BCUT2D eigenvalue weighted by Crippen LogP contribution is 1.90. The van der Waals surface area contributed by atoms with Crippen LogP contribution in [0.3, 0.4) is 0 Å². The van der Waals surface area contributed by atoms with Gasteiger partial charge in [0.05, 0.1) is 28.2 Å². The van der Waals surface area contributed by atoms with Gasteiger partial charge < -0.3 is 9.80 Å². The van der Waals surface area contributed by atoms with Gasteiger partial charge in [-0.15, -0.1) is 0 Å². The van der Waals surface area contributed by atoms with E-state index in [0.717, 1.165) is 4.48 Å². The molecule has 0 spiro atoms. The molecular formula is C8H21N2+. The molecule has 10 heavy (non-hydrogen) atoms. The van der Waals surface area contributed by atoms with Gasteiger partial charge in [-0.05, 0) is 25.9 Å². The van der Waals surface area contributed by atoms with Crippen molar-refractivity contribution in [3.63, 3.8) is 0 Å². The molecule has 62 valence electrons. The molecule has 2 heteroatoms. The molecule has 0 bridgehead atoms. The Labute approximate surface area is 64.8 Å². The van der Waals surface area contributed by atoms with E-state index in [-0.39, 0.29) is 0 Å². The van der Waals surface area contributed by atoms with Crippen LogP contribution in [0.15, 0.2) is 0 Å². The largest absolute Gasteiger partial charge is 0.333 e. The molecule has 1 rings (SSSR count). The highest BCUT2D eigenvalue weighted by atomic mass is 15.2. The molecule has 1 N–H and O–H groups in total. The molecule has 1 aliphatic rings. The van der Waals surface area contributed by atoms with E-state index in [9.17, 15) is 0 Å². The summed E-state index contributed by atoms with van der Waals surface area (Å²) >= 11 is 0. The highest BCUT2D eigenvalue weighted by Gasteiger charge is 1.93. The molecule has 1 saturated heterocycles. The van der Waals surface area contributed by atoms with E-state index in [2.05, 4.69) is 33.5 Å². The molecule has 0 radical (unpaired) electrons. The Morgan fingerprint density at radius 2 is 1.20 bits per heavy atom. The van der Waals surface area contributed by atoms with E-state index in [0.29, 0.717) is 0 Å². The molecule has 1 fully saturated rings. The van der Waals surface area contributed by atoms with E-state index >= 15 is 0 Å². The summed E-state index contributed by atoms with van der Waals surface area (Å²) in [7, 11) is 8.50. The fraction of sp³-hybridized carbons (Fsp3) is 1.00. The second kappa shape index (κ2) is 4.69. The van der Waals surface area contributed by atoms with Crippen LogP contribution >= 0.6 is 0 Å². The second-order valence-electron chi connectivity index (χ2n) is 4.14. The standard InChI is InChI=1S/C4H9N.C4H12N/c1-2-4-5-3-1;1-5(2,3)4/h5H,1-4H2;1-4H3/q;+1. The minimum absolute atomic E-state index is 1.00. The number of hydrogen-bond acceptors (Lipinski definition) is 1. The molecular weight excluding hydrogens is 124 g/mol. The maximum absolute atomic E-state index is 3.22. The molecule has 0 amide bonds. The van der Waals surface area contributed by atoms with E-state index in [1.165, 1.54) is 25.9 Å². The minimum atomic E-state index is 1.00. The molecule has 0 aromatic heterocycles. The topological polar surface area (TPSA) is 12.0 Å². The Bertz CT molecular complexity index is 56.2. The lowest BCUT2D eigenvalue weighted by Crippen LogP contribution is -2.27. The van der Waals surface area contributed by atoms with Gasteiger partial charge in [-0.25, -0.2) is 0 Å². The number of nitrogens with zero attached hydrogens (tertiary/aromatic N) is 1. The van der Waals surface area contributed by atoms with Crippen LogP contribution in [-0.2, 0) is 0 Å². The van der Waals surface area contributed by atoms with Crippen LogP contribution < -0.4 is 5.32 Å². The predicted molar refractivity (Wildman–Crippen MR) is 46.1 cm³/mol. The van der Waals surface area contributed by atoms with Crippen LogP contribution in [0.4, 0.5) is 0 Å². The van der Waals surface area contributed by atoms with Gasteiger partial charge in [0, 0.05) is 0 Å². The van der Waals surface area contributed by atoms with Crippen LogP contribution in [0.2, 0.25) is 0 Å². The zero-order chi connectivity index (χ0) is 8.04. The van der Waals surface area contributed by atoms with E-state index in [1.807, 2.05) is 0 Å². The van der Waals surface area contributed by atoms with Crippen molar-refractivity contribution in [3.05, 3.63) is 0 Å². The van der Waals surface area contributed by atoms with Crippen molar-refractivity contribution in [2.45, 2.75) is 12.8 Å². The number of nitrogens with one attached hydrogen (secondary N) is 1. The van der Waals surface area contributed by atoms with Crippen LogP contribution in [0.1, 0.15) is 12.8 Å². The maximum Gasteiger partial charge on any atom is 0.0675 e. The van der Waals surface area contributed by atoms with Gasteiger partial charge in [0.1, 0.15) is 0 Å². The first-order valence-electron chi connectivity index (χ1n) is 4.00. The quantitative estimate of drug-likeness (QED) is 0.495. The monoisotopic (exact) mass is 145 g/mol. The first kappa shape index (κ1) is 9.92. The molecule has 2 nitrogen and oxygen atoms in total. The third kappa shape index (κ3) is 15.7. The number of hydrogen-bond donors (Lipinski definition) is 1. The average Bonchev–Trinajstić information content (AvgIpc) is 2.07. The summed E-state index contributed by atoms with van der Waals surface area (Å²) in [5, 5.41) is 3.22. The Kier molecular flexibility index (Phi) is 4.65. The summed E-state index contributed by atoms with van der Waals surface area (Å²) in [6, 6.07) is 0. The molecule has 0 aliphatic carbocycles. The lowest BCUT2D eigenvalue weighted by Gasteiger charge is -2.14. The lowest BCUT2D eigenvalue weighted by molar-refractivity contribution is -0.849. The van der Waals surface area contributed by atoms with Gasteiger partial charge in [-0.3, -0.25) is 0 Å². The summed E-state index contributed by atoms with van der Waals surface area (Å²) in [5.41, 5.74) is 0. The SMILES string of the molecule is C1CCNC1.C[N+](C)(C)C. The molecule has 0 aromatic carbocycles. The molecule has 0 unspecified atom stereocenters. The summed E-state index contributed by atoms with van der Waals surface area (Å²) in [6.45, 7) is 2.50. The van der Waals surface area contributed by atoms with Gasteiger partial charge in [-0.2, -0.15) is 0 Å². The summed E-state index contributed by atoms with van der Waals surface area (Å²) in [4.78, 5) is 0. The average molecular weight is 145 g/mol. The molecule has 0 aromatic rings. The first-order chi connectivity index (χ1) is 4.50. The zero-order valence-electron chi connectivity index (χ0n) is 7.78. The Morgan fingerprint density at radius 3 is 1.30 bits per heavy atom. The lowest BCUT2D eigenvalue weighted by atomic mass is 10.4. The molecule has 1 heterocycles. The van der Waals surface area contributed by atoms with Gasteiger partial charge in [0.2, 0.25) is 0 Å². The fourth-order valence-corrected chi connectivity index (χ4v) is 0.625. The van der Waals surface area contributed by atoms with Crippen molar-refractivity contribution >= 4 is 0 Å². The molecule has 0 atom stereocenters. The highest BCUT2D eigenvalue weighted by molar-refractivity contribution is 4.55. The van der Waals surface area contributed by atoms with Crippen molar-refractivity contribution in [1.29, 1.82) is 0 Å². The predicted octanol–water partition coefficient (Wildman–Crippen LogP) is 0.692. The smallest absolute Gasteiger partial charge is 0.0675 e. The van der Waals surface area contributed by atoms with Gasteiger partial charge >= 0.3 is 0 Å². The summed E-state index contributed by atoms with van der Waals surface area (Å²) < 4.78 is 1.00. The second-order valence-corrected chi connectivity index (χ2v) is 4.14. The van der Waals surface area contributed by atoms with E-state index < -0.39 is 0 Å². The van der Waals surface area contributed by atoms with Crippen LogP contribution in [-0.4, -0.2) is 45.8 Å². The van der Waals surface area contributed by atoms with Gasteiger partial charge in [-0.1, -0.05) is 0 Å². The van der Waals surface area contributed by atoms with Crippen molar-refractivity contribution in [3.8, 4) is 0 Å². The van der Waals surface area contributed by atoms with Gasteiger partial charge in [0.25, 0.3) is 0 Å². The Balaban J connectivity index is 0.000000162. The molecule has 0 saturated carbocycles. The third-order valence-corrected chi connectivity index (χ3v) is 0.957. The maximum atomic E-state index is 3.22. The number of quaternary nitrogens is 1. The minimum Gasteiger partial charge on any atom is -0.333 e. The zero-order valence-corrected chi connectivity index (χ0v) is 7.78. The van der Waals surface area contributed by atoms with E-state index in [1.54, 1.807) is 0 Å². The Morgan fingerprint density at radius 1 is 0.900 bits per heavy atom. The van der Waals surface area contributed by atoms with Crippen molar-refractivity contribution in [2.24, 2.45) is 0 Å². The van der Waals surface area contributed by atoms with Crippen molar-refractivity contribution < 1.29 is 4.48 Å². The summed E-state index contributed by atoms with van der Waals surface area (Å²) in [6.07, 6.45) is 2.78. The van der Waals surface area contributed by atoms with E-state index in [4.69, 9.17) is 0 Å². The normalized spacial score (nSPS) is 18.0. The fourth-order valence-electron chi connectivity index (χ4n) is 0.625. The van der Waals surface area contributed by atoms with Crippen LogP contribution in [0, 0.1) is 0 Å². The molecule has 1 aliphatic heterocycles.